The Morgan fingerprint density at radius 2 is 2.50 bits per heavy atom. The molecule has 0 N–H and O–H groups in total. The van der Waals surface area contributed by atoms with Gasteiger partial charge in [0, 0.05) is 0 Å². The zero-order valence-corrected chi connectivity index (χ0v) is 5.19. The smallest absolute Gasteiger partial charge is 0.244 e. The Labute approximate surface area is 57.5 Å². The Kier molecular flexibility index (Phi) is 1.10. The second-order valence-corrected chi connectivity index (χ2v) is 1.91. The highest BCUT2D eigenvalue weighted by atomic mass is 16.5. The molecule has 0 saturated carbocycles. The quantitative estimate of drug-likeness (QED) is 0.512. The molecular weight excluding hydrogens is 130 g/mol. The minimum atomic E-state index is 0.567. The molecule has 4 nitrogen and oxygen atoms in total. The number of aromatic nitrogens is 3. The van der Waals surface area contributed by atoms with E-state index in [1.54, 1.807) is 6.20 Å². The van der Waals surface area contributed by atoms with Gasteiger partial charge in [0.25, 0.3) is 0 Å². The Balaban J connectivity index is 2.54. The molecule has 0 atom stereocenters. The van der Waals surface area contributed by atoms with Gasteiger partial charge in [0.2, 0.25) is 5.88 Å². The van der Waals surface area contributed by atoms with Crippen LogP contribution in [0.15, 0.2) is 12.3 Å². The predicted molar refractivity (Wildman–Crippen MR) is 34.4 cm³/mol. The third-order valence-corrected chi connectivity index (χ3v) is 1.24. The summed E-state index contributed by atoms with van der Waals surface area (Å²) >= 11 is 0. The predicted octanol–water partition coefficient (Wildman–Crippen LogP) is 0.277. The summed E-state index contributed by atoms with van der Waals surface area (Å²) in [4.78, 5) is 0. The molecule has 1 aliphatic rings. The van der Waals surface area contributed by atoms with Crippen molar-refractivity contribution in [1.82, 2.24) is 15.4 Å². The fourth-order valence-electron chi connectivity index (χ4n) is 0.796. The first-order valence-electron chi connectivity index (χ1n) is 2.94. The van der Waals surface area contributed by atoms with E-state index >= 15 is 0 Å². The number of nitrogens with zero attached hydrogens (tertiary/aromatic N) is 3. The lowest BCUT2D eigenvalue weighted by atomic mass is 10.3. The highest BCUT2D eigenvalue weighted by Crippen LogP contribution is 2.16. The molecule has 0 radical (unpaired) electrons. The Bertz CT molecular complexity index is 271. The molecule has 4 heteroatoms. The van der Waals surface area contributed by atoms with Crippen LogP contribution in [0.25, 0.3) is 6.08 Å². The topological polar surface area (TPSA) is 47.9 Å². The van der Waals surface area contributed by atoms with E-state index in [1.165, 1.54) is 0 Å². The molecule has 10 heavy (non-hydrogen) atoms. The monoisotopic (exact) mass is 135 g/mol. The molecule has 0 saturated heterocycles. The summed E-state index contributed by atoms with van der Waals surface area (Å²) in [6.07, 6.45) is 5.45. The maximum Gasteiger partial charge on any atom is 0.244 e. The largest absolute Gasteiger partial charge is 0.472 e. The highest BCUT2D eigenvalue weighted by Gasteiger charge is 2.05. The average molecular weight is 135 g/mol. The molecule has 50 valence electrons. The van der Waals surface area contributed by atoms with Crippen molar-refractivity contribution in [3.8, 4) is 5.88 Å². The molecule has 0 aromatic carbocycles. The van der Waals surface area contributed by atoms with E-state index in [9.17, 15) is 0 Å². The van der Waals surface area contributed by atoms with Crippen molar-refractivity contribution in [1.29, 1.82) is 0 Å². The summed E-state index contributed by atoms with van der Waals surface area (Å²) in [5.74, 6) is 0.567. The SMILES string of the molecule is C1=Cc2cnnnc2OC1. The van der Waals surface area contributed by atoms with Crippen LogP contribution in [0.1, 0.15) is 5.56 Å². The molecule has 0 aliphatic carbocycles. The third-order valence-electron chi connectivity index (χ3n) is 1.24. The van der Waals surface area contributed by atoms with E-state index in [0.717, 1.165) is 5.56 Å². The van der Waals surface area contributed by atoms with E-state index in [1.807, 2.05) is 12.2 Å². The maximum atomic E-state index is 5.12. The summed E-state index contributed by atoms with van der Waals surface area (Å²) in [6, 6.07) is 0. The van der Waals surface area contributed by atoms with Gasteiger partial charge in [-0.25, -0.2) is 0 Å². The van der Waals surface area contributed by atoms with Crippen molar-refractivity contribution in [3.05, 3.63) is 17.8 Å². The van der Waals surface area contributed by atoms with Crippen molar-refractivity contribution < 1.29 is 4.74 Å². The first-order chi connectivity index (χ1) is 4.97. The Hall–Kier alpha value is -1.45. The lowest BCUT2D eigenvalue weighted by Crippen LogP contribution is -2.04. The number of fused-ring (bicyclic) bond motifs is 1. The van der Waals surface area contributed by atoms with Gasteiger partial charge in [0.1, 0.15) is 6.61 Å². The van der Waals surface area contributed by atoms with Crippen LogP contribution in [0.5, 0.6) is 5.88 Å². The van der Waals surface area contributed by atoms with E-state index in [0.29, 0.717) is 12.5 Å². The number of ether oxygens (including phenoxy) is 1. The van der Waals surface area contributed by atoms with Crippen molar-refractivity contribution >= 4 is 6.08 Å². The van der Waals surface area contributed by atoms with Crippen LogP contribution in [0, 0.1) is 0 Å². The molecule has 2 rings (SSSR count). The van der Waals surface area contributed by atoms with E-state index in [4.69, 9.17) is 4.74 Å². The molecule has 0 amide bonds. The van der Waals surface area contributed by atoms with Crippen LogP contribution in [0.2, 0.25) is 0 Å². The first-order valence-corrected chi connectivity index (χ1v) is 2.94. The molecular formula is C6H5N3O. The minimum absolute atomic E-state index is 0.567. The fraction of sp³-hybridized carbons (Fsp3) is 0.167. The van der Waals surface area contributed by atoms with E-state index < -0.39 is 0 Å². The molecule has 0 spiro atoms. The zero-order chi connectivity index (χ0) is 6.81. The van der Waals surface area contributed by atoms with E-state index in [-0.39, 0.29) is 0 Å². The molecule has 0 bridgehead atoms. The normalized spacial score (nSPS) is 14.0. The van der Waals surface area contributed by atoms with Gasteiger partial charge < -0.3 is 4.74 Å². The van der Waals surface area contributed by atoms with Crippen LogP contribution in [-0.4, -0.2) is 22.0 Å². The lowest BCUT2D eigenvalue weighted by Gasteiger charge is -2.07. The second kappa shape index (κ2) is 2.06. The van der Waals surface area contributed by atoms with Gasteiger partial charge in [-0.15, -0.1) is 5.10 Å². The first kappa shape index (κ1) is 5.34. The molecule has 1 aromatic heterocycles. The van der Waals surface area contributed by atoms with Gasteiger partial charge in [-0.05, 0) is 17.4 Å². The van der Waals surface area contributed by atoms with Crippen molar-refractivity contribution in [2.24, 2.45) is 0 Å². The Morgan fingerprint density at radius 1 is 1.50 bits per heavy atom. The van der Waals surface area contributed by atoms with Gasteiger partial charge in [0.15, 0.2) is 0 Å². The van der Waals surface area contributed by atoms with Crippen LogP contribution in [0.3, 0.4) is 0 Å². The van der Waals surface area contributed by atoms with Crippen LogP contribution in [-0.2, 0) is 0 Å². The third kappa shape index (κ3) is 0.737. The molecule has 0 fully saturated rings. The van der Waals surface area contributed by atoms with Gasteiger partial charge >= 0.3 is 0 Å². The summed E-state index contributed by atoms with van der Waals surface area (Å²) < 4.78 is 5.12. The second-order valence-electron chi connectivity index (χ2n) is 1.91. The van der Waals surface area contributed by atoms with Crippen molar-refractivity contribution in [2.75, 3.05) is 6.61 Å². The molecule has 1 aromatic rings. The zero-order valence-electron chi connectivity index (χ0n) is 5.19. The van der Waals surface area contributed by atoms with Gasteiger partial charge in [-0.3, -0.25) is 0 Å². The van der Waals surface area contributed by atoms with Gasteiger partial charge in [-0.1, -0.05) is 5.10 Å². The van der Waals surface area contributed by atoms with Crippen LogP contribution < -0.4 is 4.74 Å². The summed E-state index contributed by atoms with van der Waals surface area (Å²) in [5.41, 5.74) is 0.890. The summed E-state index contributed by atoms with van der Waals surface area (Å²) in [7, 11) is 0. The molecule has 0 unspecified atom stereocenters. The summed E-state index contributed by atoms with van der Waals surface area (Å²) in [6.45, 7) is 0.575. The van der Waals surface area contributed by atoms with Crippen molar-refractivity contribution in [3.63, 3.8) is 0 Å². The number of rotatable bonds is 0. The standard InChI is InChI=1S/C6H5N3O/c1-2-5-4-7-9-8-6(5)10-3-1/h1-2,4H,3H2. The fourth-order valence-corrected chi connectivity index (χ4v) is 0.796. The highest BCUT2D eigenvalue weighted by molar-refractivity contribution is 5.54. The maximum absolute atomic E-state index is 5.12. The Morgan fingerprint density at radius 3 is 3.40 bits per heavy atom. The van der Waals surface area contributed by atoms with E-state index in [2.05, 4.69) is 15.4 Å². The molecule has 1 aliphatic heterocycles. The van der Waals surface area contributed by atoms with Crippen LogP contribution in [0.4, 0.5) is 0 Å². The number of hydrogen-bond donors (Lipinski definition) is 0. The van der Waals surface area contributed by atoms with Crippen LogP contribution >= 0.6 is 0 Å². The minimum Gasteiger partial charge on any atom is -0.472 e. The van der Waals surface area contributed by atoms with Crippen molar-refractivity contribution in [2.45, 2.75) is 0 Å². The van der Waals surface area contributed by atoms with Gasteiger partial charge in [0.05, 0.1) is 11.8 Å². The summed E-state index contributed by atoms with van der Waals surface area (Å²) in [5, 5.41) is 10.7. The average Bonchev–Trinajstić information content (AvgIpc) is 2.05. The van der Waals surface area contributed by atoms with Gasteiger partial charge in [-0.2, -0.15) is 0 Å². The molecule has 2 heterocycles. The number of hydrogen-bond acceptors (Lipinski definition) is 4. The lowest BCUT2D eigenvalue weighted by molar-refractivity contribution is 0.336.